The summed E-state index contributed by atoms with van der Waals surface area (Å²) in [6, 6.07) is 5.89. The zero-order valence-electron chi connectivity index (χ0n) is 9.96. The van der Waals surface area contributed by atoms with Crippen LogP contribution in [0.15, 0.2) is 24.4 Å². The molecule has 94 valence electrons. The van der Waals surface area contributed by atoms with Gasteiger partial charge in [0, 0.05) is 6.20 Å². The predicted molar refractivity (Wildman–Crippen MR) is 65.1 cm³/mol. The van der Waals surface area contributed by atoms with Gasteiger partial charge in [-0.3, -0.25) is 4.98 Å². The van der Waals surface area contributed by atoms with Crippen molar-refractivity contribution in [3.63, 3.8) is 0 Å². The van der Waals surface area contributed by atoms with Gasteiger partial charge in [0.05, 0.1) is 38.1 Å². The number of nitrogens with one attached hydrogen (secondary N) is 1. The van der Waals surface area contributed by atoms with Gasteiger partial charge in [0.2, 0.25) is 10.0 Å². The molecule has 0 spiro atoms. The van der Waals surface area contributed by atoms with Crippen LogP contribution in [0.25, 0.3) is 0 Å². The van der Waals surface area contributed by atoms with Crippen molar-refractivity contribution in [1.29, 1.82) is 0 Å². The molecule has 0 amide bonds. The monoisotopic (exact) mass is 256 g/mol. The zero-order chi connectivity index (χ0) is 12.3. The Labute approximate surface area is 102 Å². The van der Waals surface area contributed by atoms with E-state index >= 15 is 0 Å². The predicted octanol–water partition coefficient (Wildman–Crippen LogP) is -1.26. The fraction of sp³-hybridized carbons (Fsp3) is 0.545. The van der Waals surface area contributed by atoms with Gasteiger partial charge in [-0.1, -0.05) is 6.07 Å². The van der Waals surface area contributed by atoms with Crippen LogP contribution in [-0.4, -0.2) is 50.1 Å². The molecule has 1 N–H and O–H groups in total. The lowest BCUT2D eigenvalue weighted by Crippen LogP contribution is -3.13. The molecule has 2 rings (SSSR count). The van der Waals surface area contributed by atoms with Crippen molar-refractivity contribution in [2.75, 3.05) is 32.4 Å². The maximum atomic E-state index is 11.4. The number of nitrogens with zero attached hydrogens (tertiary/aromatic N) is 2. The SMILES string of the molecule is CS(=O)(=O)N1CC[NH+](Cc2ccccn2)CC1. The van der Waals surface area contributed by atoms with E-state index in [1.54, 1.807) is 10.5 Å². The molecule has 6 heteroatoms. The minimum absolute atomic E-state index is 0.612. The number of quaternary nitrogens is 1. The Morgan fingerprint density at radius 2 is 2.06 bits per heavy atom. The molecule has 1 aliphatic rings. The van der Waals surface area contributed by atoms with Gasteiger partial charge in [-0.25, -0.2) is 8.42 Å². The van der Waals surface area contributed by atoms with E-state index in [4.69, 9.17) is 0 Å². The van der Waals surface area contributed by atoms with E-state index in [1.165, 1.54) is 11.2 Å². The van der Waals surface area contributed by atoms with Gasteiger partial charge >= 0.3 is 0 Å². The van der Waals surface area contributed by atoms with E-state index < -0.39 is 10.0 Å². The molecule has 0 bridgehead atoms. The van der Waals surface area contributed by atoms with Gasteiger partial charge in [0.1, 0.15) is 6.54 Å². The summed E-state index contributed by atoms with van der Waals surface area (Å²) in [5, 5.41) is 0. The fourth-order valence-electron chi connectivity index (χ4n) is 2.07. The van der Waals surface area contributed by atoms with E-state index in [0.29, 0.717) is 13.1 Å². The lowest BCUT2D eigenvalue weighted by molar-refractivity contribution is -0.917. The summed E-state index contributed by atoms with van der Waals surface area (Å²) in [6.07, 6.45) is 3.07. The molecule has 17 heavy (non-hydrogen) atoms. The molecule has 1 aliphatic heterocycles. The number of hydrogen-bond acceptors (Lipinski definition) is 3. The molecule has 0 aromatic carbocycles. The molecule has 1 aromatic rings. The standard InChI is InChI=1S/C11H17N3O2S/c1-17(15,16)14-8-6-13(7-9-14)10-11-4-2-3-5-12-11/h2-5H,6-10H2,1H3/p+1. The Morgan fingerprint density at radius 1 is 1.35 bits per heavy atom. The number of piperazine rings is 1. The highest BCUT2D eigenvalue weighted by molar-refractivity contribution is 7.88. The largest absolute Gasteiger partial charge is 0.328 e. The van der Waals surface area contributed by atoms with Crippen molar-refractivity contribution in [3.8, 4) is 0 Å². The first kappa shape index (κ1) is 12.5. The van der Waals surface area contributed by atoms with E-state index in [-0.39, 0.29) is 0 Å². The van der Waals surface area contributed by atoms with Crippen LogP contribution in [0.4, 0.5) is 0 Å². The quantitative estimate of drug-likeness (QED) is 0.734. The van der Waals surface area contributed by atoms with Gasteiger partial charge in [0.15, 0.2) is 0 Å². The molecule has 2 heterocycles. The lowest BCUT2D eigenvalue weighted by Gasteiger charge is -2.30. The summed E-state index contributed by atoms with van der Waals surface area (Å²) in [7, 11) is -3.02. The van der Waals surface area contributed by atoms with E-state index in [9.17, 15) is 8.42 Å². The van der Waals surface area contributed by atoms with Crippen LogP contribution >= 0.6 is 0 Å². The molecule has 1 saturated heterocycles. The number of aromatic nitrogens is 1. The van der Waals surface area contributed by atoms with Crippen LogP contribution in [0.1, 0.15) is 5.69 Å². The zero-order valence-corrected chi connectivity index (χ0v) is 10.8. The van der Waals surface area contributed by atoms with Gasteiger partial charge < -0.3 is 4.90 Å². The molecule has 1 fully saturated rings. The Bertz CT molecular complexity index is 453. The first-order chi connectivity index (χ1) is 8.05. The molecular formula is C11H18N3O2S+. The normalized spacial score (nSPS) is 19.4. The lowest BCUT2D eigenvalue weighted by atomic mass is 10.3. The van der Waals surface area contributed by atoms with Crippen molar-refractivity contribution >= 4 is 10.0 Å². The number of rotatable bonds is 3. The smallest absolute Gasteiger partial charge is 0.211 e. The van der Waals surface area contributed by atoms with Crippen LogP contribution in [0.2, 0.25) is 0 Å². The van der Waals surface area contributed by atoms with Crippen molar-refractivity contribution in [2.24, 2.45) is 0 Å². The molecule has 0 saturated carbocycles. The van der Waals surface area contributed by atoms with Crippen LogP contribution in [0.5, 0.6) is 0 Å². The van der Waals surface area contributed by atoms with Crippen LogP contribution in [0, 0.1) is 0 Å². The van der Waals surface area contributed by atoms with Crippen LogP contribution < -0.4 is 4.90 Å². The first-order valence-electron chi connectivity index (χ1n) is 5.74. The van der Waals surface area contributed by atoms with Crippen LogP contribution in [0.3, 0.4) is 0 Å². The van der Waals surface area contributed by atoms with Crippen LogP contribution in [-0.2, 0) is 16.6 Å². The summed E-state index contributed by atoms with van der Waals surface area (Å²) in [5.41, 5.74) is 1.07. The van der Waals surface area contributed by atoms with Crippen molar-refractivity contribution in [3.05, 3.63) is 30.1 Å². The second kappa shape index (κ2) is 5.12. The average molecular weight is 256 g/mol. The highest BCUT2D eigenvalue weighted by Gasteiger charge is 2.25. The summed E-state index contributed by atoms with van der Waals surface area (Å²) >= 11 is 0. The van der Waals surface area contributed by atoms with Gasteiger partial charge in [-0.05, 0) is 12.1 Å². The second-order valence-corrected chi connectivity index (χ2v) is 6.39. The second-order valence-electron chi connectivity index (χ2n) is 4.41. The Morgan fingerprint density at radius 3 is 2.59 bits per heavy atom. The van der Waals surface area contributed by atoms with E-state index in [0.717, 1.165) is 25.3 Å². The first-order valence-corrected chi connectivity index (χ1v) is 7.59. The highest BCUT2D eigenvalue weighted by Crippen LogP contribution is 1.98. The maximum absolute atomic E-state index is 11.4. The number of sulfonamides is 1. The van der Waals surface area contributed by atoms with Crippen molar-refractivity contribution in [2.45, 2.75) is 6.54 Å². The molecule has 0 unspecified atom stereocenters. The molecular weight excluding hydrogens is 238 g/mol. The van der Waals surface area contributed by atoms with Crippen molar-refractivity contribution < 1.29 is 13.3 Å². The minimum atomic E-state index is -3.02. The summed E-state index contributed by atoms with van der Waals surface area (Å²) in [5.74, 6) is 0. The summed E-state index contributed by atoms with van der Waals surface area (Å²) < 4.78 is 24.3. The molecule has 1 aromatic heterocycles. The van der Waals surface area contributed by atoms with Gasteiger partial charge in [0.25, 0.3) is 0 Å². The van der Waals surface area contributed by atoms with Crippen molar-refractivity contribution in [1.82, 2.24) is 9.29 Å². The summed E-state index contributed by atoms with van der Waals surface area (Å²) in [4.78, 5) is 5.68. The third-order valence-corrected chi connectivity index (χ3v) is 4.36. The number of hydrogen-bond donors (Lipinski definition) is 1. The molecule has 0 aliphatic carbocycles. The third-order valence-electron chi connectivity index (χ3n) is 3.06. The van der Waals surface area contributed by atoms with E-state index in [1.807, 2.05) is 18.2 Å². The maximum Gasteiger partial charge on any atom is 0.211 e. The average Bonchev–Trinajstić information content (AvgIpc) is 2.30. The molecule has 0 atom stereocenters. The fourth-order valence-corrected chi connectivity index (χ4v) is 2.92. The van der Waals surface area contributed by atoms with Gasteiger partial charge in [-0.2, -0.15) is 4.31 Å². The topological polar surface area (TPSA) is 54.7 Å². The highest BCUT2D eigenvalue weighted by atomic mass is 32.2. The summed E-state index contributed by atoms with van der Waals surface area (Å²) in [6.45, 7) is 3.80. The van der Waals surface area contributed by atoms with E-state index in [2.05, 4.69) is 4.98 Å². The third kappa shape index (κ3) is 3.49. The van der Waals surface area contributed by atoms with Gasteiger partial charge in [-0.15, -0.1) is 0 Å². The molecule has 0 radical (unpaired) electrons. The molecule has 5 nitrogen and oxygen atoms in total. The Kier molecular flexibility index (Phi) is 3.76. The Balaban J connectivity index is 1.88. The Hall–Kier alpha value is -0.980. The number of pyridine rings is 1. The minimum Gasteiger partial charge on any atom is -0.328 e.